The monoisotopic (exact) mass is 537 g/mol. The predicted octanol–water partition coefficient (Wildman–Crippen LogP) is 1.02. The zero-order valence-corrected chi connectivity index (χ0v) is 22.9. The van der Waals surface area contributed by atoms with Crippen LogP contribution in [0.3, 0.4) is 0 Å². The minimum absolute atomic E-state index is 0.284. The summed E-state index contributed by atoms with van der Waals surface area (Å²) in [6.45, 7) is 4.04. The Labute approximate surface area is 224 Å². The molecule has 0 radical (unpaired) electrons. The fourth-order valence-corrected chi connectivity index (χ4v) is 4.19. The van der Waals surface area contributed by atoms with E-state index in [2.05, 4.69) is 16.0 Å². The molecule has 1 rings (SSSR count). The molecule has 5 unspecified atom stereocenters. The number of aliphatic carboxylic acids is 1. The third kappa shape index (κ3) is 12.0. The average Bonchev–Trinajstić information content (AvgIpc) is 2.88. The number of carboxylic acids is 1. The predicted molar refractivity (Wildman–Crippen MR) is 147 cm³/mol. The summed E-state index contributed by atoms with van der Waals surface area (Å²) < 4.78 is 0. The van der Waals surface area contributed by atoms with Crippen molar-refractivity contribution in [2.75, 3.05) is 18.6 Å². The van der Waals surface area contributed by atoms with Gasteiger partial charge in [-0.2, -0.15) is 11.8 Å². The molecule has 0 fully saturated rings. The summed E-state index contributed by atoms with van der Waals surface area (Å²) in [5, 5.41) is 17.6. The molecule has 0 spiro atoms. The van der Waals surface area contributed by atoms with Gasteiger partial charge in [0, 0.05) is 0 Å². The Hall–Kier alpha value is -2.63. The Balaban J connectivity index is 2.96. The topological polar surface area (TPSA) is 177 Å². The van der Waals surface area contributed by atoms with E-state index < -0.39 is 47.9 Å². The van der Waals surface area contributed by atoms with Gasteiger partial charge >= 0.3 is 5.97 Å². The van der Waals surface area contributed by atoms with E-state index in [0.29, 0.717) is 50.8 Å². The van der Waals surface area contributed by atoms with Crippen LogP contribution in [0, 0.1) is 5.92 Å². The fraction of sp³-hybridized carbons (Fsp3) is 0.615. The first kappa shape index (κ1) is 32.4. The maximum atomic E-state index is 13.2. The number of nitrogens with one attached hydrogen (secondary N) is 3. The zero-order valence-electron chi connectivity index (χ0n) is 22.1. The average molecular weight is 538 g/mol. The molecule has 0 aliphatic heterocycles. The molecule has 11 heteroatoms. The number of unbranched alkanes of at least 4 members (excludes halogenated alkanes) is 1. The van der Waals surface area contributed by atoms with Crippen molar-refractivity contribution in [2.45, 2.75) is 76.5 Å². The van der Waals surface area contributed by atoms with Crippen molar-refractivity contribution >= 4 is 35.5 Å². The number of hydrogen-bond acceptors (Lipinski definition) is 7. The van der Waals surface area contributed by atoms with Crippen molar-refractivity contribution in [3.8, 4) is 0 Å². The molecule has 0 saturated carbocycles. The van der Waals surface area contributed by atoms with E-state index in [-0.39, 0.29) is 5.92 Å². The third-order valence-electron chi connectivity index (χ3n) is 6.24. The first-order chi connectivity index (χ1) is 17.6. The molecule has 208 valence electrons. The second-order valence-electron chi connectivity index (χ2n) is 9.19. The van der Waals surface area contributed by atoms with Crippen LogP contribution in [0.5, 0.6) is 0 Å². The lowest BCUT2D eigenvalue weighted by Gasteiger charge is -2.26. The van der Waals surface area contributed by atoms with E-state index in [0.717, 1.165) is 5.56 Å². The highest BCUT2D eigenvalue weighted by molar-refractivity contribution is 7.98. The van der Waals surface area contributed by atoms with Gasteiger partial charge in [-0.1, -0.05) is 50.6 Å². The van der Waals surface area contributed by atoms with Crippen LogP contribution in [0.1, 0.15) is 51.5 Å². The van der Waals surface area contributed by atoms with Crippen molar-refractivity contribution in [1.29, 1.82) is 0 Å². The van der Waals surface area contributed by atoms with Crippen molar-refractivity contribution < 1.29 is 24.3 Å². The van der Waals surface area contributed by atoms with E-state index in [1.807, 2.05) is 43.5 Å². The van der Waals surface area contributed by atoms with Crippen LogP contribution in [-0.4, -0.2) is 71.5 Å². The molecule has 1 aromatic rings. The van der Waals surface area contributed by atoms with Gasteiger partial charge in [0.2, 0.25) is 17.7 Å². The lowest BCUT2D eigenvalue weighted by Crippen LogP contribution is -2.58. The van der Waals surface area contributed by atoms with Crippen LogP contribution < -0.4 is 27.4 Å². The summed E-state index contributed by atoms with van der Waals surface area (Å²) in [5.41, 5.74) is 12.6. The quantitative estimate of drug-likeness (QED) is 0.150. The second kappa shape index (κ2) is 17.8. The molecule has 8 N–H and O–H groups in total. The lowest BCUT2D eigenvalue weighted by molar-refractivity contribution is -0.143. The number of nitrogens with two attached hydrogens (primary N) is 2. The van der Waals surface area contributed by atoms with E-state index >= 15 is 0 Å². The molecule has 1 aromatic carbocycles. The summed E-state index contributed by atoms with van der Waals surface area (Å²) in [4.78, 5) is 50.8. The fourth-order valence-electron chi connectivity index (χ4n) is 3.71. The minimum Gasteiger partial charge on any atom is -0.480 e. The first-order valence-corrected chi connectivity index (χ1v) is 14.2. The zero-order chi connectivity index (χ0) is 27.8. The van der Waals surface area contributed by atoms with Crippen molar-refractivity contribution in [2.24, 2.45) is 17.4 Å². The number of carbonyl (C=O) groups excluding carboxylic acids is 3. The largest absolute Gasteiger partial charge is 0.480 e. The highest BCUT2D eigenvalue weighted by Crippen LogP contribution is 2.11. The van der Waals surface area contributed by atoms with Crippen molar-refractivity contribution in [3.05, 3.63) is 35.9 Å². The smallest absolute Gasteiger partial charge is 0.326 e. The Morgan fingerprint density at radius 1 is 0.946 bits per heavy atom. The Morgan fingerprint density at radius 2 is 1.54 bits per heavy atom. The van der Waals surface area contributed by atoms with E-state index in [1.165, 1.54) is 11.8 Å². The summed E-state index contributed by atoms with van der Waals surface area (Å²) in [6.07, 6.45) is 4.66. The van der Waals surface area contributed by atoms with Crippen LogP contribution in [0.25, 0.3) is 0 Å². The number of benzene rings is 1. The molecule has 0 aliphatic carbocycles. The van der Waals surface area contributed by atoms with E-state index in [9.17, 15) is 24.3 Å². The highest BCUT2D eigenvalue weighted by Gasteiger charge is 2.31. The molecule has 0 aromatic heterocycles. The maximum absolute atomic E-state index is 13.2. The minimum atomic E-state index is -1.13. The molecule has 37 heavy (non-hydrogen) atoms. The maximum Gasteiger partial charge on any atom is 0.326 e. The standard InChI is InChI=1S/C26H43N5O5S/c1-4-17(2)22(26(35)36)31-25(34)21(13-15-37-3)30-24(33)20(12-8-9-14-27)29-23(32)19(28)16-18-10-6-5-7-11-18/h5-7,10-11,17,19-22H,4,8-9,12-16,27-28H2,1-3H3,(H,29,32)(H,30,33)(H,31,34)(H,35,36). The third-order valence-corrected chi connectivity index (χ3v) is 6.88. The Morgan fingerprint density at radius 3 is 2.11 bits per heavy atom. The van der Waals surface area contributed by atoms with Gasteiger partial charge in [0.15, 0.2) is 0 Å². The Bertz CT molecular complexity index is 857. The highest BCUT2D eigenvalue weighted by atomic mass is 32.2. The molecule has 0 aliphatic rings. The van der Waals surface area contributed by atoms with Crippen molar-refractivity contribution in [3.63, 3.8) is 0 Å². The van der Waals surface area contributed by atoms with Crippen LogP contribution in [0.15, 0.2) is 30.3 Å². The second-order valence-corrected chi connectivity index (χ2v) is 10.2. The van der Waals surface area contributed by atoms with Crippen LogP contribution in [-0.2, 0) is 25.6 Å². The number of amides is 3. The van der Waals surface area contributed by atoms with Gasteiger partial charge < -0.3 is 32.5 Å². The summed E-state index contributed by atoms with van der Waals surface area (Å²) >= 11 is 1.50. The number of hydrogen-bond donors (Lipinski definition) is 6. The summed E-state index contributed by atoms with van der Waals surface area (Å²) in [6, 6.07) is 5.56. The first-order valence-electron chi connectivity index (χ1n) is 12.8. The summed E-state index contributed by atoms with van der Waals surface area (Å²) in [7, 11) is 0. The van der Waals surface area contributed by atoms with Gasteiger partial charge in [0.1, 0.15) is 18.1 Å². The van der Waals surface area contributed by atoms with E-state index in [1.54, 1.807) is 6.92 Å². The van der Waals surface area contributed by atoms with Gasteiger partial charge in [0.25, 0.3) is 0 Å². The molecular formula is C26H43N5O5S. The summed E-state index contributed by atoms with van der Waals surface area (Å²) in [5.74, 6) is -2.39. The van der Waals surface area contributed by atoms with Crippen LogP contribution in [0.2, 0.25) is 0 Å². The lowest BCUT2D eigenvalue weighted by atomic mass is 9.98. The van der Waals surface area contributed by atoms with Gasteiger partial charge in [0.05, 0.1) is 6.04 Å². The molecule has 10 nitrogen and oxygen atoms in total. The molecule has 0 heterocycles. The van der Waals surface area contributed by atoms with Gasteiger partial charge in [-0.25, -0.2) is 4.79 Å². The van der Waals surface area contributed by atoms with Gasteiger partial charge in [-0.3, -0.25) is 14.4 Å². The SMILES string of the molecule is CCC(C)C(NC(=O)C(CCSC)NC(=O)C(CCCCN)NC(=O)C(N)Cc1ccccc1)C(=O)O. The van der Waals surface area contributed by atoms with Gasteiger partial charge in [-0.15, -0.1) is 0 Å². The molecule has 0 saturated heterocycles. The number of rotatable bonds is 18. The normalized spacial score (nSPS) is 15.1. The number of thioether (sulfide) groups is 1. The molecule has 0 bridgehead atoms. The van der Waals surface area contributed by atoms with Crippen molar-refractivity contribution in [1.82, 2.24) is 16.0 Å². The van der Waals surface area contributed by atoms with Gasteiger partial charge in [-0.05, 0) is 62.1 Å². The van der Waals surface area contributed by atoms with E-state index in [4.69, 9.17) is 11.5 Å². The van der Waals surface area contributed by atoms with Crippen LogP contribution >= 0.6 is 11.8 Å². The molecule has 5 atom stereocenters. The Kier molecular flexibility index (Phi) is 15.6. The molecule has 3 amide bonds. The molecular weight excluding hydrogens is 494 g/mol. The van der Waals surface area contributed by atoms with Crippen LogP contribution in [0.4, 0.5) is 0 Å². The number of carbonyl (C=O) groups is 4. The number of carboxylic acid groups (broad SMARTS) is 1.